The predicted molar refractivity (Wildman–Crippen MR) is 205 cm³/mol. The average molecular weight is 628 g/mol. The maximum Gasteiger partial charge on any atom is 0.114 e. The lowest BCUT2D eigenvalue weighted by Crippen LogP contribution is -2.00. The Balaban J connectivity index is 1.22. The Morgan fingerprint density at radius 1 is 0.469 bits per heavy atom. The summed E-state index contributed by atoms with van der Waals surface area (Å²) in [6.07, 6.45) is 4.61. The quantitative estimate of drug-likeness (QED) is 0.172. The van der Waals surface area contributed by atoms with Crippen LogP contribution in [0.25, 0.3) is 82.8 Å². The van der Waals surface area contributed by atoms with Crippen molar-refractivity contribution in [2.75, 3.05) is 0 Å². The number of aryl methyl sites for hydroxylation is 1. The van der Waals surface area contributed by atoms with Crippen molar-refractivity contribution in [1.29, 1.82) is 0 Å². The molecule has 0 aliphatic rings. The molecule has 0 saturated heterocycles. The first-order chi connectivity index (χ1) is 24.3. The molecule has 7 aromatic carbocycles. The molecule has 0 saturated carbocycles. The van der Waals surface area contributed by atoms with Crippen molar-refractivity contribution in [3.05, 3.63) is 176 Å². The molecule has 49 heavy (non-hydrogen) atoms. The molecule has 2 aromatic heterocycles. The van der Waals surface area contributed by atoms with Gasteiger partial charge in [-0.3, -0.25) is 9.55 Å². The second kappa shape index (κ2) is 12.0. The van der Waals surface area contributed by atoms with E-state index in [1.807, 2.05) is 18.5 Å². The van der Waals surface area contributed by atoms with Crippen molar-refractivity contribution < 1.29 is 0 Å². The third-order valence-electron chi connectivity index (χ3n) is 9.61. The molecule has 9 rings (SSSR count). The smallest absolute Gasteiger partial charge is 0.114 e. The van der Waals surface area contributed by atoms with Gasteiger partial charge in [0, 0.05) is 30.1 Å². The molecule has 0 amide bonds. The largest absolute Gasteiger partial charge is 0.296 e. The summed E-state index contributed by atoms with van der Waals surface area (Å²) < 4.78 is 2.30. The molecule has 2 heterocycles. The first-order valence-electron chi connectivity index (χ1n) is 16.9. The second-order valence-corrected chi connectivity index (χ2v) is 12.5. The lowest BCUT2D eigenvalue weighted by molar-refractivity contribution is 0.908. The molecule has 0 fully saturated rings. The molecule has 9 aromatic rings. The van der Waals surface area contributed by atoms with E-state index in [1.54, 1.807) is 0 Å². The van der Waals surface area contributed by atoms with Crippen molar-refractivity contribution >= 4 is 32.6 Å². The predicted octanol–water partition coefficient (Wildman–Crippen LogP) is 12.0. The highest BCUT2D eigenvalue weighted by Gasteiger charge is 2.18. The topological polar surface area (TPSA) is 30.7 Å². The standard InChI is InChI=1S/C46H33N3/c1-2-44-48-42-24-7-8-25-43(42)49(44)37-19-11-15-33(29-37)31-13-9-16-34(27-31)45-38-20-3-5-22-40(38)46(41-23-6-4-21-39(41)45)35-17-10-14-32(28-35)36-18-12-26-47-30-36/h3-30H,2H2,1H3. The van der Waals surface area contributed by atoms with Crippen molar-refractivity contribution in [1.82, 2.24) is 14.5 Å². The maximum absolute atomic E-state index is 4.93. The van der Waals surface area contributed by atoms with E-state index in [0.717, 1.165) is 40.1 Å². The molecule has 0 aliphatic carbocycles. The van der Waals surface area contributed by atoms with Crippen LogP contribution in [-0.4, -0.2) is 14.5 Å². The molecule has 3 nitrogen and oxygen atoms in total. The number of hydrogen-bond acceptors (Lipinski definition) is 2. The number of pyridine rings is 1. The van der Waals surface area contributed by atoms with Gasteiger partial charge in [-0.1, -0.05) is 122 Å². The molecule has 0 spiro atoms. The monoisotopic (exact) mass is 627 g/mol. The lowest BCUT2D eigenvalue weighted by atomic mass is 9.85. The molecule has 232 valence electrons. The van der Waals surface area contributed by atoms with Crippen LogP contribution in [0.4, 0.5) is 0 Å². The number of aromatic nitrogens is 3. The fourth-order valence-corrected chi connectivity index (χ4v) is 7.42. The highest BCUT2D eigenvalue weighted by atomic mass is 15.1. The minimum atomic E-state index is 0.859. The number of rotatable bonds is 6. The number of para-hydroxylation sites is 2. The number of nitrogens with zero attached hydrogens (tertiary/aromatic N) is 3. The molecule has 3 heteroatoms. The van der Waals surface area contributed by atoms with Gasteiger partial charge in [0.25, 0.3) is 0 Å². The summed E-state index contributed by atoms with van der Waals surface area (Å²) >= 11 is 0. The van der Waals surface area contributed by atoms with Gasteiger partial charge in [0.2, 0.25) is 0 Å². The lowest BCUT2D eigenvalue weighted by Gasteiger charge is -2.18. The van der Waals surface area contributed by atoms with E-state index >= 15 is 0 Å². The van der Waals surface area contributed by atoms with Crippen LogP contribution in [0.5, 0.6) is 0 Å². The summed E-state index contributed by atoms with van der Waals surface area (Å²) in [6, 6.07) is 56.9. The minimum absolute atomic E-state index is 0.859. The first-order valence-corrected chi connectivity index (χ1v) is 16.9. The number of imidazole rings is 1. The van der Waals surface area contributed by atoms with Crippen LogP contribution in [0.3, 0.4) is 0 Å². The van der Waals surface area contributed by atoms with Crippen LogP contribution >= 0.6 is 0 Å². The zero-order valence-electron chi connectivity index (χ0n) is 27.2. The van der Waals surface area contributed by atoms with Gasteiger partial charge in [-0.15, -0.1) is 0 Å². The molecule has 0 atom stereocenters. The molecule has 0 radical (unpaired) electrons. The molecular weight excluding hydrogens is 595 g/mol. The van der Waals surface area contributed by atoms with Gasteiger partial charge in [-0.2, -0.15) is 0 Å². The first kappa shape index (κ1) is 28.9. The van der Waals surface area contributed by atoms with Gasteiger partial charge in [-0.05, 0) is 103 Å². The highest BCUT2D eigenvalue weighted by molar-refractivity contribution is 6.21. The van der Waals surface area contributed by atoms with Crippen LogP contribution in [0.1, 0.15) is 12.7 Å². The Bertz CT molecular complexity index is 2590. The Morgan fingerprint density at radius 3 is 1.57 bits per heavy atom. The van der Waals surface area contributed by atoms with Crippen molar-refractivity contribution in [2.24, 2.45) is 0 Å². The van der Waals surface area contributed by atoms with Crippen LogP contribution in [-0.2, 0) is 6.42 Å². The van der Waals surface area contributed by atoms with Crippen LogP contribution in [0.15, 0.2) is 170 Å². The van der Waals surface area contributed by atoms with Gasteiger partial charge in [-0.25, -0.2) is 4.98 Å². The Kier molecular flexibility index (Phi) is 7.09. The third kappa shape index (κ3) is 4.99. The van der Waals surface area contributed by atoms with Gasteiger partial charge < -0.3 is 0 Å². The Morgan fingerprint density at radius 2 is 0.980 bits per heavy atom. The van der Waals surface area contributed by atoms with Crippen LogP contribution in [0, 0.1) is 0 Å². The highest BCUT2D eigenvalue weighted by Crippen LogP contribution is 2.44. The van der Waals surface area contributed by atoms with E-state index in [-0.39, 0.29) is 0 Å². The second-order valence-electron chi connectivity index (χ2n) is 12.5. The normalized spacial score (nSPS) is 11.4. The molecule has 0 aliphatic heterocycles. The van der Waals surface area contributed by atoms with E-state index in [1.165, 1.54) is 54.9 Å². The summed E-state index contributed by atoms with van der Waals surface area (Å²) in [7, 11) is 0. The summed E-state index contributed by atoms with van der Waals surface area (Å²) in [5, 5.41) is 4.97. The maximum atomic E-state index is 4.93. The Hall–Kier alpha value is -6.32. The van der Waals surface area contributed by atoms with E-state index in [0.29, 0.717) is 0 Å². The van der Waals surface area contributed by atoms with E-state index < -0.39 is 0 Å². The van der Waals surface area contributed by atoms with Crippen molar-refractivity contribution in [3.8, 4) is 50.2 Å². The van der Waals surface area contributed by atoms with Crippen molar-refractivity contribution in [3.63, 3.8) is 0 Å². The zero-order valence-corrected chi connectivity index (χ0v) is 27.2. The number of fused-ring (bicyclic) bond motifs is 3. The molecule has 0 unspecified atom stereocenters. The average Bonchev–Trinajstić information content (AvgIpc) is 3.56. The van der Waals surface area contributed by atoms with Gasteiger partial charge in [0.05, 0.1) is 11.0 Å². The van der Waals surface area contributed by atoms with Crippen LogP contribution < -0.4 is 0 Å². The SMILES string of the molecule is CCc1nc2ccccc2n1-c1cccc(-c2cccc(-c3c4ccccc4c(-c4cccc(-c5cccnc5)c4)c4ccccc34)c2)c1. The summed E-state index contributed by atoms with van der Waals surface area (Å²) in [5.74, 6) is 1.07. The molecule has 0 bridgehead atoms. The minimum Gasteiger partial charge on any atom is -0.296 e. The van der Waals surface area contributed by atoms with Gasteiger partial charge in [0.1, 0.15) is 5.82 Å². The molecule has 0 N–H and O–H groups in total. The third-order valence-corrected chi connectivity index (χ3v) is 9.61. The number of hydrogen-bond donors (Lipinski definition) is 0. The number of benzene rings is 7. The van der Waals surface area contributed by atoms with Crippen LogP contribution in [0.2, 0.25) is 0 Å². The van der Waals surface area contributed by atoms with Gasteiger partial charge >= 0.3 is 0 Å². The summed E-state index contributed by atoms with van der Waals surface area (Å²) in [6.45, 7) is 2.17. The van der Waals surface area contributed by atoms with Crippen molar-refractivity contribution in [2.45, 2.75) is 13.3 Å². The molecular formula is C46H33N3. The fraction of sp³-hybridized carbons (Fsp3) is 0.0435. The summed E-state index contributed by atoms with van der Waals surface area (Å²) in [4.78, 5) is 9.30. The Labute approximate surface area is 285 Å². The van der Waals surface area contributed by atoms with E-state index in [9.17, 15) is 0 Å². The fourth-order valence-electron chi connectivity index (χ4n) is 7.42. The van der Waals surface area contributed by atoms with Gasteiger partial charge in [0.15, 0.2) is 0 Å². The van der Waals surface area contributed by atoms with E-state index in [4.69, 9.17) is 4.98 Å². The van der Waals surface area contributed by atoms with E-state index in [2.05, 4.69) is 168 Å². The summed E-state index contributed by atoms with van der Waals surface area (Å²) in [5.41, 5.74) is 12.8. The zero-order chi connectivity index (χ0) is 32.7.